The average Bonchev–Trinajstić information content (AvgIpc) is 2.41. The zero-order valence-corrected chi connectivity index (χ0v) is 12.4. The van der Waals surface area contributed by atoms with Crippen LogP contribution < -0.4 is 10.6 Å². The van der Waals surface area contributed by atoms with Gasteiger partial charge in [-0.05, 0) is 23.8 Å². The summed E-state index contributed by atoms with van der Waals surface area (Å²) in [6.45, 7) is 1.84. The molecule has 0 unspecified atom stereocenters. The molecule has 22 heavy (non-hydrogen) atoms. The predicted molar refractivity (Wildman–Crippen MR) is 77.2 cm³/mol. The molecule has 1 aromatic rings. The Kier molecular flexibility index (Phi) is 6.42. The molecule has 8 heteroatoms. The van der Waals surface area contributed by atoms with Crippen LogP contribution in [-0.2, 0) is 15.8 Å². The standard InChI is InChI=1S/C14H14ClF3N2O2/c1-9(21)19-6-7-20-13(22)5-3-10-2-4-12(15)11(8-10)14(16,17)18/h2-5,8H,6-7H2,1H3,(H,19,21)(H,20,22)/b5-3+. The van der Waals surface area contributed by atoms with Crippen LogP contribution in [0.25, 0.3) is 6.08 Å². The van der Waals surface area contributed by atoms with Gasteiger partial charge in [0.1, 0.15) is 0 Å². The van der Waals surface area contributed by atoms with Gasteiger partial charge >= 0.3 is 6.18 Å². The lowest BCUT2D eigenvalue weighted by molar-refractivity contribution is -0.137. The quantitative estimate of drug-likeness (QED) is 0.642. The van der Waals surface area contributed by atoms with Crippen LogP contribution in [0.5, 0.6) is 0 Å². The Bertz CT molecular complexity index is 586. The number of carbonyl (C=O) groups excluding carboxylic acids is 2. The van der Waals surface area contributed by atoms with E-state index in [1.807, 2.05) is 0 Å². The van der Waals surface area contributed by atoms with Gasteiger partial charge in [0.15, 0.2) is 0 Å². The minimum atomic E-state index is -4.55. The summed E-state index contributed by atoms with van der Waals surface area (Å²) >= 11 is 5.50. The summed E-state index contributed by atoms with van der Waals surface area (Å²) in [5.41, 5.74) is -0.754. The molecule has 1 rings (SSSR count). The fourth-order valence-corrected chi connectivity index (χ4v) is 1.74. The van der Waals surface area contributed by atoms with Crippen molar-refractivity contribution >= 4 is 29.5 Å². The molecule has 1 aromatic carbocycles. The van der Waals surface area contributed by atoms with E-state index in [0.717, 1.165) is 18.2 Å². The van der Waals surface area contributed by atoms with Crippen LogP contribution in [0.2, 0.25) is 5.02 Å². The second kappa shape index (κ2) is 7.84. The van der Waals surface area contributed by atoms with Crippen LogP contribution in [0, 0.1) is 0 Å². The number of halogens is 4. The van der Waals surface area contributed by atoms with E-state index < -0.39 is 22.7 Å². The molecule has 0 heterocycles. The number of hydrogen-bond donors (Lipinski definition) is 2. The number of alkyl halides is 3. The fraction of sp³-hybridized carbons (Fsp3) is 0.286. The van der Waals surface area contributed by atoms with E-state index in [-0.39, 0.29) is 24.6 Å². The fourth-order valence-electron chi connectivity index (χ4n) is 1.52. The van der Waals surface area contributed by atoms with E-state index in [1.54, 1.807) is 0 Å². The monoisotopic (exact) mass is 334 g/mol. The molecule has 0 atom stereocenters. The van der Waals surface area contributed by atoms with Gasteiger partial charge in [-0.25, -0.2) is 0 Å². The van der Waals surface area contributed by atoms with Crippen LogP contribution in [0.15, 0.2) is 24.3 Å². The molecular weight excluding hydrogens is 321 g/mol. The molecular formula is C14H14ClF3N2O2. The van der Waals surface area contributed by atoms with Crippen molar-refractivity contribution in [1.82, 2.24) is 10.6 Å². The summed E-state index contributed by atoms with van der Waals surface area (Å²) in [5.74, 6) is -0.695. The first-order valence-electron chi connectivity index (χ1n) is 6.27. The third-order valence-corrected chi connectivity index (χ3v) is 2.85. The maximum absolute atomic E-state index is 12.7. The molecule has 4 nitrogen and oxygen atoms in total. The normalized spacial score (nSPS) is 11.5. The second-order valence-electron chi connectivity index (χ2n) is 4.34. The largest absolute Gasteiger partial charge is 0.417 e. The highest BCUT2D eigenvalue weighted by molar-refractivity contribution is 6.31. The van der Waals surface area contributed by atoms with Crippen molar-refractivity contribution in [2.24, 2.45) is 0 Å². The van der Waals surface area contributed by atoms with Crippen LogP contribution in [0.3, 0.4) is 0 Å². The molecule has 120 valence electrons. The number of amides is 2. The summed E-state index contributed by atoms with van der Waals surface area (Å²) < 4.78 is 38.0. The van der Waals surface area contributed by atoms with Crippen LogP contribution in [-0.4, -0.2) is 24.9 Å². The Morgan fingerprint density at radius 2 is 1.86 bits per heavy atom. The van der Waals surface area contributed by atoms with E-state index >= 15 is 0 Å². The van der Waals surface area contributed by atoms with Gasteiger partial charge in [0, 0.05) is 26.1 Å². The smallest absolute Gasteiger partial charge is 0.355 e. The Labute approximate surface area is 130 Å². The molecule has 0 fully saturated rings. The van der Waals surface area contributed by atoms with Crippen molar-refractivity contribution in [3.8, 4) is 0 Å². The van der Waals surface area contributed by atoms with Gasteiger partial charge in [0.05, 0.1) is 10.6 Å². The molecule has 0 radical (unpaired) electrons. The molecule has 0 saturated heterocycles. The van der Waals surface area contributed by atoms with Crippen molar-refractivity contribution in [2.45, 2.75) is 13.1 Å². The SMILES string of the molecule is CC(=O)NCCNC(=O)/C=C/c1ccc(Cl)c(C(F)(F)F)c1. The van der Waals surface area contributed by atoms with Crippen molar-refractivity contribution in [3.05, 3.63) is 40.4 Å². The molecule has 2 amide bonds. The number of carbonyl (C=O) groups is 2. The first kappa shape index (κ1) is 18.0. The van der Waals surface area contributed by atoms with Gasteiger partial charge in [0.25, 0.3) is 0 Å². The lowest BCUT2D eigenvalue weighted by Gasteiger charge is -2.09. The summed E-state index contributed by atoms with van der Waals surface area (Å²) in [5, 5.41) is 4.56. The minimum absolute atomic E-state index is 0.203. The van der Waals surface area contributed by atoms with Crippen LogP contribution in [0.1, 0.15) is 18.1 Å². The molecule has 2 N–H and O–H groups in total. The van der Waals surface area contributed by atoms with Gasteiger partial charge in [-0.15, -0.1) is 0 Å². The van der Waals surface area contributed by atoms with E-state index in [4.69, 9.17) is 11.6 Å². The summed E-state index contributed by atoms with van der Waals surface area (Å²) in [6.07, 6.45) is -2.20. The highest BCUT2D eigenvalue weighted by Gasteiger charge is 2.33. The van der Waals surface area contributed by atoms with Crippen LogP contribution >= 0.6 is 11.6 Å². The zero-order chi connectivity index (χ0) is 16.8. The average molecular weight is 335 g/mol. The van der Waals surface area contributed by atoms with E-state index in [1.165, 1.54) is 19.1 Å². The number of hydrogen-bond acceptors (Lipinski definition) is 2. The Morgan fingerprint density at radius 1 is 1.23 bits per heavy atom. The predicted octanol–water partition coefficient (Wildman–Crippen LogP) is 2.62. The lowest BCUT2D eigenvalue weighted by Crippen LogP contribution is -2.32. The summed E-state index contributed by atoms with van der Waals surface area (Å²) in [6, 6.07) is 3.36. The molecule has 0 aliphatic rings. The summed E-state index contributed by atoms with van der Waals surface area (Å²) in [7, 11) is 0. The molecule has 0 bridgehead atoms. The summed E-state index contributed by atoms with van der Waals surface area (Å²) in [4.78, 5) is 22.0. The van der Waals surface area contributed by atoms with Crippen molar-refractivity contribution in [1.29, 1.82) is 0 Å². The third kappa shape index (κ3) is 6.17. The van der Waals surface area contributed by atoms with E-state index in [2.05, 4.69) is 10.6 Å². The lowest BCUT2D eigenvalue weighted by atomic mass is 10.1. The molecule has 0 aliphatic heterocycles. The highest BCUT2D eigenvalue weighted by atomic mass is 35.5. The minimum Gasteiger partial charge on any atom is -0.355 e. The zero-order valence-electron chi connectivity index (χ0n) is 11.6. The first-order valence-corrected chi connectivity index (χ1v) is 6.65. The molecule has 0 saturated carbocycles. The second-order valence-corrected chi connectivity index (χ2v) is 4.75. The molecule has 0 aromatic heterocycles. The van der Waals surface area contributed by atoms with Crippen molar-refractivity contribution in [3.63, 3.8) is 0 Å². The van der Waals surface area contributed by atoms with Crippen molar-refractivity contribution < 1.29 is 22.8 Å². The Hall–Kier alpha value is -2.02. The molecule has 0 spiro atoms. The number of rotatable bonds is 5. The number of nitrogens with one attached hydrogen (secondary N) is 2. The van der Waals surface area contributed by atoms with E-state index in [0.29, 0.717) is 0 Å². The topological polar surface area (TPSA) is 58.2 Å². The third-order valence-electron chi connectivity index (χ3n) is 2.52. The van der Waals surface area contributed by atoms with Gasteiger partial charge < -0.3 is 10.6 Å². The Morgan fingerprint density at radius 3 is 2.45 bits per heavy atom. The van der Waals surface area contributed by atoms with E-state index in [9.17, 15) is 22.8 Å². The first-order chi connectivity index (χ1) is 10.2. The van der Waals surface area contributed by atoms with Crippen LogP contribution in [0.4, 0.5) is 13.2 Å². The van der Waals surface area contributed by atoms with Crippen molar-refractivity contribution in [2.75, 3.05) is 13.1 Å². The highest BCUT2D eigenvalue weighted by Crippen LogP contribution is 2.35. The maximum atomic E-state index is 12.7. The maximum Gasteiger partial charge on any atom is 0.417 e. The van der Waals surface area contributed by atoms with Gasteiger partial charge in [-0.1, -0.05) is 17.7 Å². The molecule has 0 aliphatic carbocycles. The Balaban J connectivity index is 2.63. The number of benzene rings is 1. The van der Waals surface area contributed by atoms with Gasteiger partial charge in [0.2, 0.25) is 11.8 Å². The van der Waals surface area contributed by atoms with Gasteiger partial charge in [-0.2, -0.15) is 13.2 Å². The van der Waals surface area contributed by atoms with Gasteiger partial charge in [-0.3, -0.25) is 9.59 Å².